The predicted octanol–water partition coefficient (Wildman–Crippen LogP) is 2.11. The number of ether oxygens (including phenoxy) is 1. The quantitative estimate of drug-likeness (QED) is 0.580. The van der Waals surface area contributed by atoms with E-state index in [4.69, 9.17) is 27.9 Å². The first-order valence-corrected chi connectivity index (χ1v) is 8.32. The molecule has 0 bridgehead atoms. The molecule has 1 aliphatic rings. The van der Waals surface area contributed by atoms with Gasteiger partial charge in [-0.05, 0) is 32.4 Å². The predicted molar refractivity (Wildman–Crippen MR) is 95.1 cm³/mol. The van der Waals surface area contributed by atoms with Crippen molar-refractivity contribution in [2.24, 2.45) is 0 Å². The number of carbonyl (C=O) groups is 4. The van der Waals surface area contributed by atoms with E-state index in [1.54, 1.807) is 19.1 Å². The maximum absolute atomic E-state index is 12.0. The molecule has 0 atom stereocenters. The summed E-state index contributed by atoms with van der Waals surface area (Å²) in [7, 11) is 0. The number of imide groups is 1. The minimum absolute atomic E-state index is 0.213. The van der Waals surface area contributed by atoms with Gasteiger partial charge >= 0.3 is 12.0 Å². The lowest BCUT2D eigenvalue weighted by atomic mass is 10.1. The van der Waals surface area contributed by atoms with Crippen LogP contribution in [-0.2, 0) is 19.1 Å². The Morgan fingerprint density at radius 2 is 1.92 bits per heavy atom. The highest BCUT2D eigenvalue weighted by molar-refractivity contribution is 6.40. The van der Waals surface area contributed by atoms with Crippen LogP contribution < -0.4 is 10.6 Å². The fourth-order valence-corrected chi connectivity index (χ4v) is 2.69. The smallest absolute Gasteiger partial charge is 0.326 e. The van der Waals surface area contributed by atoms with E-state index in [0.29, 0.717) is 5.56 Å². The van der Waals surface area contributed by atoms with Crippen molar-refractivity contribution in [1.29, 1.82) is 0 Å². The SMILES string of the molecule is Cc1ccc(Cl)c(NC(=O)COC(=O)CN2C(=O)NC(C)(C)C2=O)c1Cl. The van der Waals surface area contributed by atoms with Crippen LogP contribution >= 0.6 is 23.2 Å². The van der Waals surface area contributed by atoms with Gasteiger partial charge in [0.2, 0.25) is 0 Å². The van der Waals surface area contributed by atoms with Crippen molar-refractivity contribution in [3.8, 4) is 0 Å². The number of carbonyl (C=O) groups excluding carboxylic acids is 4. The number of esters is 1. The first-order chi connectivity index (χ1) is 12.0. The maximum atomic E-state index is 12.0. The number of amides is 4. The number of nitrogens with one attached hydrogen (secondary N) is 2. The summed E-state index contributed by atoms with van der Waals surface area (Å²) in [5.41, 5.74) is -0.164. The Hall–Kier alpha value is -2.32. The molecule has 2 N–H and O–H groups in total. The standard InChI is InChI=1S/C16H17Cl2N3O5/c1-8-4-5-9(17)13(12(8)18)19-10(22)7-26-11(23)6-21-14(24)16(2,3)20-15(21)25/h4-5H,6-7H2,1-3H3,(H,19,22)(H,20,25). The lowest BCUT2D eigenvalue weighted by Gasteiger charge is -2.15. The molecule has 2 rings (SSSR count). The molecule has 0 aliphatic carbocycles. The van der Waals surface area contributed by atoms with E-state index in [1.807, 2.05) is 0 Å². The maximum Gasteiger partial charge on any atom is 0.326 e. The molecule has 0 unspecified atom stereocenters. The van der Waals surface area contributed by atoms with E-state index in [-0.39, 0.29) is 15.7 Å². The molecule has 1 aliphatic heterocycles. The van der Waals surface area contributed by atoms with Gasteiger partial charge in [0, 0.05) is 0 Å². The summed E-state index contributed by atoms with van der Waals surface area (Å²) >= 11 is 12.1. The Morgan fingerprint density at radius 3 is 2.50 bits per heavy atom. The molecule has 1 fully saturated rings. The molecule has 1 aromatic carbocycles. The fraction of sp³-hybridized carbons (Fsp3) is 0.375. The number of rotatable bonds is 5. The largest absolute Gasteiger partial charge is 0.454 e. The minimum atomic E-state index is -1.09. The summed E-state index contributed by atoms with van der Waals surface area (Å²) in [5.74, 6) is -2.12. The Morgan fingerprint density at radius 1 is 1.27 bits per heavy atom. The third-order valence-corrected chi connectivity index (χ3v) is 4.45. The summed E-state index contributed by atoms with van der Waals surface area (Å²) in [6, 6.07) is 2.57. The van der Waals surface area contributed by atoms with Crippen LogP contribution in [0, 0.1) is 6.92 Å². The van der Waals surface area contributed by atoms with Crippen LogP contribution in [-0.4, -0.2) is 47.4 Å². The first-order valence-electron chi connectivity index (χ1n) is 7.57. The Bertz CT molecular complexity index is 794. The number of urea groups is 1. The van der Waals surface area contributed by atoms with Crippen molar-refractivity contribution < 1.29 is 23.9 Å². The monoisotopic (exact) mass is 401 g/mol. The third-order valence-electron chi connectivity index (χ3n) is 3.64. The third kappa shape index (κ3) is 4.25. The van der Waals surface area contributed by atoms with Gasteiger partial charge in [-0.25, -0.2) is 4.79 Å². The van der Waals surface area contributed by atoms with Crippen molar-refractivity contribution in [1.82, 2.24) is 10.2 Å². The zero-order valence-electron chi connectivity index (χ0n) is 14.3. The van der Waals surface area contributed by atoms with Gasteiger partial charge < -0.3 is 15.4 Å². The molecule has 26 heavy (non-hydrogen) atoms. The van der Waals surface area contributed by atoms with Crippen LogP contribution in [0.1, 0.15) is 19.4 Å². The van der Waals surface area contributed by atoms with Crippen LogP contribution in [0.25, 0.3) is 0 Å². The van der Waals surface area contributed by atoms with E-state index < -0.39 is 42.5 Å². The number of halogens is 2. The van der Waals surface area contributed by atoms with Gasteiger partial charge in [0.1, 0.15) is 12.1 Å². The van der Waals surface area contributed by atoms with Crippen molar-refractivity contribution in [2.45, 2.75) is 26.3 Å². The summed E-state index contributed by atoms with van der Waals surface area (Å²) < 4.78 is 4.80. The van der Waals surface area contributed by atoms with Gasteiger partial charge in [-0.15, -0.1) is 0 Å². The van der Waals surface area contributed by atoms with Crippen molar-refractivity contribution in [3.63, 3.8) is 0 Å². The number of benzene rings is 1. The van der Waals surface area contributed by atoms with Gasteiger partial charge in [-0.3, -0.25) is 19.3 Å². The van der Waals surface area contributed by atoms with Crippen molar-refractivity contribution >= 4 is 52.7 Å². The minimum Gasteiger partial charge on any atom is -0.454 e. The van der Waals surface area contributed by atoms with Crippen molar-refractivity contribution in [3.05, 3.63) is 27.7 Å². The molecule has 4 amide bonds. The topological polar surface area (TPSA) is 105 Å². The normalized spacial score (nSPS) is 15.7. The molecular weight excluding hydrogens is 385 g/mol. The van der Waals surface area contributed by atoms with E-state index >= 15 is 0 Å². The van der Waals surface area contributed by atoms with E-state index in [2.05, 4.69) is 10.6 Å². The van der Waals surface area contributed by atoms with Crippen LogP contribution in [0.5, 0.6) is 0 Å². The van der Waals surface area contributed by atoms with Crippen LogP contribution in [0.15, 0.2) is 12.1 Å². The summed E-state index contributed by atoms with van der Waals surface area (Å²) in [4.78, 5) is 48.2. The first kappa shape index (κ1) is 20.0. The summed E-state index contributed by atoms with van der Waals surface area (Å²) in [5, 5.41) is 5.41. The second kappa shape index (κ2) is 7.51. The molecule has 0 spiro atoms. The second-order valence-corrected chi connectivity index (χ2v) is 6.99. The number of anilines is 1. The van der Waals surface area contributed by atoms with Gasteiger partial charge in [0.05, 0.1) is 15.7 Å². The average Bonchev–Trinajstić information content (AvgIpc) is 2.75. The molecule has 0 saturated carbocycles. The summed E-state index contributed by atoms with van der Waals surface area (Å²) in [6.45, 7) is 3.57. The molecule has 0 radical (unpaired) electrons. The molecule has 1 saturated heterocycles. The molecule has 1 heterocycles. The molecule has 1 aromatic rings. The lowest BCUT2D eigenvalue weighted by molar-refractivity contribution is -0.150. The van der Waals surface area contributed by atoms with E-state index in [9.17, 15) is 19.2 Å². The van der Waals surface area contributed by atoms with E-state index in [1.165, 1.54) is 13.8 Å². The Balaban J connectivity index is 1.90. The van der Waals surface area contributed by atoms with Crippen LogP contribution in [0.4, 0.5) is 10.5 Å². The Labute approximate surface area is 159 Å². The molecular formula is C16H17Cl2N3O5. The van der Waals surface area contributed by atoms with Crippen LogP contribution in [0.2, 0.25) is 10.0 Å². The van der Waals surface area contributed by atoms with Gasteiger partial charge in [0.15, 0.2) is 6.61 Å². The number of aryl methyl sites for hydroxylation is 1. The van der Waals surface area contributed by atoms with Gasteiger partial charge in [-0.1, -0.05) is 29.3 Å². The lowest BCUT2D eigenvalue weighted by Crippen LogP contribution is -2.41. The van der Waals surface area contributed by atoms with Gasteiger partial charge in [-0.2, -0.15) is 0 Å². The highest BCUT2D eigenvalue weighted by Gasteiger charge is 2.45. The van der Waals surface area contributed by atoms with Crippen molar-refractivity contribution in [2.75, 3.05) is 18.5 Å². The fourth-order valence-electron chi connectivity index (χ4n) is 2.23. The highest BCUT2D eigenvalue weighted by Crippen LogP contribution is 2.32. The molecule has 10 heteroatoms. The molecule has 0 aromatic heterocycles. The highest BCUT2D eigenvalue weighted by atomic mass is 35.5. The van der Waals surface area contributed by atoms with Gasteiger partial charge in [0.25, 0.3) is 11.8 Å². The molecule has 8 nitrogen and oxygen atoms in total. The average molecular weight is 402 g/mol. The number of hydrogen-bond acceptors (Lipinski definition) is 5. The zero-order chi connectivity index (χ0) is 19.6. The van der Waals surface area contributed by atoms with Crippen LogP contribution in [0.3, 0.4) is 0 Å². The second-order valence-electron chi connectivity index (χ2n) is 6.21. The number of hydrogen-bond donors (Lipinski definition) is 2. The van der Waals surface area contributed by atoms with E-state index in [0.717, 1.165) is 4.90 Å². The zero-order valence-corrected chi connectivity index (χ0v) is 15.8. The molecule has 140 valence electrons. The number of nitrogens with zero attached hydrogens (tertiary/aromatic N) is 1. The summed E-state index contributed by atoms with van der Waals surface area (Å²) in [6.07, 6.45) is 0. The Kier molecular flexibility index (Phi) is 5.77.